The summed E-state index contributed by atoms with van der Waals surface area (Å²) in [4.78, 5) is 31.3. The molecule has 3 aromatic rings. The summed E-state index contributed by atoms with van der Waals surface area (Å²) in [5.41, 5.74) is 1.97. The molecule has 1 aliphatic heterocycles. The molecule has 4 rings (SSSR count). The fraction of sp³-hybridized carbons (Fsp3) is 0.261. The van der Waals surface area contributed by atoms with Gasteiger partial charge in [-0.25, -0.2) is 4.98 Å². The molecule has 2 heterocycles. The van der Waals surface area contributed by atoms with E-state index in [1.807, 2.05) is 65.6 Å². The summed E-state index contributed by atoms with van der Waals surface area (Å²) in [7, 11) is 0. The molecular formula is C23H23N3O2S. The van der Waals surface area contributed by atoms with E-state index >= 15 is 0 Å². The number of fused-ring (bicyclic) bond motifs is 1. The van der Waals surface area contributed by atoms with Gasteiger partial charge in [-0.1, -0.05) is 42.5 Å². The first-order valence-electron chi connectivity index (χ1n) is 9.83. The molecule has 0 saturated carbocycles. The number of carbonyl (C=O) groups excluding carboxylic acids is 2. The highest BCUT2D eigenvalue weighted by Gasteiger charge is 2.26. The molecule has 0 spiro atoms. The number of rotatable bonds is 5. The van der Waals surface area contributed by atoms with Gasteiger partial charge in [0, 0.05) is 25.1 Å². The Morgan fingerprint density at radius 1 is 1.07 bits per heavy atom. The van der Waals surface area contributed by atoms with Gasteiger partial charge in [0.15, 0.2) is 0 Å². The first-order valence-corrected chi connectivity index (χ1v) is 10.6. The number of benzene rings is 2. The molecule has 2 amide bonds. The van der Waals surface area contributed by atoms with Gasteiger partial charge in [0.2, 0.25) is 11.8 Å². The topological polar surface area (TPSA) is 62.3 Å². The van der Waals surface area contributed by atoms with Crippen LogP contribution in [0, 0.1) is 5.92 Å². The lowest BCUT2D eigenvalue weighted by Crippen LogP contribution is -2.42. The lowest BCUT2D eigenvalue weighted by molar-refractivity contribution is -0.132. The summed E-state index contributed by atoms with van der Waals surface area (Å²) < 4.78 is 1.13. The van der Waals surface area contributed by atoms with E-state index in [0.717, 1.165) is 20.8 Å². The maximum atomic E-state index is 12.5. The minimum Gasteiger partial charge on any atom is -0.349 e. The molecule has 0 radical (unpaired) electrons. The number of hydrogen-bond acceptors (Lipinski definition) is 4. The largest absolute Gasteiger partial charge is 0.349 e. The SMILES string of the molecule is O=C(NCc1nc2ccccc2s1)C1CCN(C(=O)/C=C/c2ccccc2)CC1. The lowest BCUT2D eigenvalue weighted by Gasteiger charge is -2.30. The van der Waals surface area contributed by atoms with Crippen molar-refractivity contribution in [2.75, 3.05) is 13.1 Å². The van der Waals surface area contributed by atoms with Gasteiger partial charge in [0.05, 0.1) is 16.8 Å². The molecule has 148 valence electrons. The number of piperidine rings is 1. The van der Waals surface area contributed by atoms with Crippen molar-refractivity contribution in [3.63, 3.8) is 0 Å². The molecule has 6 heteroatoms. The zero-order chi connectivity index (χ0) is 20.1. The van der Waals surface area contributed by atoms with E-state index < -0.39 is 0 Å². The van der Waals surface area contributed by atoms with Gasteiger partial charge < -0.3 is 10.2 Å². The van der Waals surface area contributed by atoms with Crippen LogP contribution < -0.4 is 5.32 Å². The Labute approximate surface area is 174 Å². The number of amides is 2. The van der Waals surface area contributed by atoms with Crippen molar-refractivity contribution >= 4 is 39.4 Å². The number of carbonyl (C=O) groups is 2. The fourth-order valence-electron chi connectivity index (χ4n) is 3.50. The van der Waals surface area contributed by atoms with Crippen molar-refractivity contribution in [2.24, 2.45) is 5.92 Å². The molecule has 0 unspecified atom stereocenters. The fourth-order valence-corrected chi connectivity index (χ4v) is 4.41. The van der Waals surface area contributed by atoms with Crippen LogP contribution in [0.5, 0.6) is 0 Å². The third-order valence-corrected chi connectivity index (χ3v) is 6.18. The van der Waals surface area contributed by atoms with E-state index in [-0.39, 0.29) is 17.7 Å². The van der Waals surface area contributed by atoms with Gasteiger partial charge in [-0.05, 0) is 36.6 Å². The van der Waals surface area contributed by atoms with Crippen LogP contribution in [0.15, 0.2) is 60.7 Å². The average Bonchev–Trinajstić information content (AvgIpc) is 3.20. The van der Waals surface area contributed by atoms with E-state index in [1.165, 1.54) is 0 Å². The number of hydrogen-bond donors (Lipinski definition) is 1. The number of nitrogens with one attached hydrogen (secondary N) is 1. The predicted octanol–water partition coefficient (Wildman–Crippen LogP) is 3.86. The van der Waals surface area contributed by atoms with Crippen LogP contribution in [0.25, 0.3) is 16.3 Å². The Hall–Kier alpha value is -2.99. The zero-order valence-electron chi connectivity index (χ0n) is 16.1. The molecule has 1 N–H and O–H groups in total. The minimum atomic E-state index is -0.0495. The van der Waals surface area contributed by atoms with Gasteiger partial charge in [-0.15, -0.1) is 11.3 Å². The van der Waals surface area contributed by atoms with Crippen LogP contribution >= 0.6 is 11.3 Å². The van der Waals surface area contributed by atoms with Gasteiger partial charge in [-0.2, -0.15) is 0 Å². The molecule has 0 atom stereocenters. The molecule has 29 heavy (non-hydrogen) atoms. The zero-order valence-corrected chi connectivity index (χ0v) is 16.9. The molecule has 0 aliphatic carbocycles. The highest BCUT2D eigenvalue weighted by molar-refractivity contribution is 7.18. The second kappa shape index (κ2) is 9.01. The smallest absolute Gasteiger partial charge is 0.246 e. The lowest BCUT2D eigenvalue weighted by atomic mass is 9.96. The van der Waals surface area contributed by atoms with E-state index in [2.05, 4.69) is 10.3 Å². The van der Waals surface area contributed by atoms with Crippen LogP contribution in [-0.4, -0.2) is 34.8 Å². The third kappa shape index (κ3) is 4.90. The standard InChI is InChI=1S/C23H23N3O2S/c27-22(11-10-17-6-2-1-3-7-17)26-14-12-18(13-15-26)23(28)24-16-21-25-19-8-4-5-9-20(19)29-21/h1-11,18H,12-16H2,(H,24,28)/b11-10+. The Morgan fingerprint density at radius 2 is 1.79 bits per heavy atom. The molecule has 0 bridgehead atoms. The van der Waals surface area contributed by atoms with Crippen molar-refractivity contribution in [1.82, 2.24) is 15.2 Å². The third-order valence-electron chi connectivity index (χ3n) is 5.15. The summed E-state index contributed by atoms with van der Waals surface area (Å²) in [5.74, 6) is 0.00454. The van der Waals surface area contributed by atoms with Gasteiger partial charge >= 0.3 is 0 Å². The summed E-state index contributed by atoms with van der Waals surface area (Å²) >= 11 is 1.61. The number of likely N-dealkylation sites (tertiary alicyclic amines) is 1. The van der Waals surface area contributed by atoms with Crippen molar-refractivity contribution in [3.05, 3.63) is 71.2 Å². The molecule has 5 nitrogen and oxygen atoms in total. The van der Waals surface area contributed by atoms with Crippen LogP contribution in [0.2, 0.25) is 0 Å². The summed E-state index contributed by atoms with van der Waals surface area (Å²) in [6.45, 7) is 1.67. The van der Waals surface area contributed by atoms with Crippen LogP contribution in [0.1, 0.15) is 23.4 Å². The average molecular weight is 406 g/mol. The Kier molecular flexibility index (Phi) is 6.00. The summed E-state index contributed by atoms with van der Waals surface area (Å²) in [6, 6.07) is 17.8. The molecule has 1 fully saturated rings. The minimum absolute atomic E-state index is 0.00202. The van der Waals surface area contributed by atoms with Crippen molar-refractivity contribution in [3.8, 4) is 0 Å². The predicted molar refractivity (Wildman–Crippen MR) is 116 cm³/mol. The van der Waals surface area contributed by atoms with Gasteiger partial charge in [-0.3, -0.25) is 9.59 Å². The first-order chi connectivity index (χ1) is 14.2. The second-order valence-electron chi connectivity index (χ2n) is 7.14. The number of para-hydroxylation sites is 1. The Balaban J connectivity index is 1.25. The van der Waals surface area contributed by atoms with Gasteiger partial charge in [0.1, 0.15) is 5.01 Å². The van der Waals surface area contributed by atoms with Crippen LogP contribution in [0.3, 0.4) is 0 Å². The molecule has 2 aromatic carbocycles. The van der Waals surface area contributed by atoms with E-state index in [0.29, 0.717) is 32.5 Å². The maximum absolute atomic E-state index is 12.5. The van der Waals surface area contributed by atoms with E-state index in [1.54, 1.807) is 17.4 Å². The van der Waals surface area contributed by atoms with Crippen LogP contribution in [0.4, 0.5) is 0 Å². The molecule has 1 saturated heterocycles. The van der Waals surface area contributed by atoms with E-state index in [4.69, 9.17) is 0 Å². The Morgan fingerprint density at radius 3 is 2.55 bits per heavy atom. The second-order valence-corrected chi connectivity index (χ2v) is 8.25. The number of thiazole rings is 1. The highest BCUT2D eigenvalue weighted by atomic mass is 32.1. The monoisotopic (exact) mass is 405 g/mol. The molecular weight excluding hydrogens is 382 g/mol. The Bertz CT molecular complexity index is 988. The normalized spacial score (nSPS) is 15.1. The van der Waals surface area contributed by atoms with Crippen molar-refractivity contribution in [2.45, 2.75) is 19.4 Å². The first kappa shape index (κ1) is 19.3. The highest BCUT2D eigenvalue weighted by Crippen LogP contribution is 2.22. The quantitative estimate of drug-likeness (QED) is 0.656. The molecule has 1 aromatic heterocycles. The molecule has 1 aliphatic rings. The number of nitrogens with zero attached hydrogens (tertiary/aromatic N) is 2. The van der Waals surface area contributed by atoms with Crippen molar-refractivity contribution < 1.29 is 9.59 Å². The maximum Gasteiger partial charge on any atom is 0.246 e. The number of aromatic nitrogens is 1. The van der Waals surface area contributed by atoms with Crippen LogP contribution in [-0.2, 0) is 16.1 Å². The summed E-state index contributed by atoms with van der Waals surface area (Å²) in [6.07, 6.45) is 4.83. The van der Waals surface area contributed by atoms with Crippen molar-refractivity contribution in [1.29, 1.82) is 0 Å². The van der Waals surface area contributed by atoms with E-state index in [9.17, 15) is 9.59 Å². The summed E-state index contributed by atoms with van der Waals surface area (Å²) in [5, 5.41) is 3.93. The van der Waals surface area contributed by atoms with Gasteiger partial charge in [0.25, 0.3) is 0 Å².